The topological polar surface area (TPSA) is 106 Å². The Morgan fingerprint density at radius 1 is 1.29 bits per heavy atom. The van der Waals surface area contributed by atoms with Crippen LogP contribution in [0.3, 0.4) is 0 Å². The molecule has 1 aromatic carbocycles. The minimum Gasteiger partial charge on any atom is -0.369 e. The number of benzene rings is 1. The zero-order valence-electron chi connectivity index (χ0n) is 16.2. The summed E-state index contributed by atoms with van der Waals surface area (Å²) in [7, 11) is 1.63. The van der Waals surface area contributed by atoms with Crippen molar-refractivity contribution in [3.05, 3.63) is 53.2 Å². The van der Waals surface area contributed by atoms with Crippen molar-refractivity contribution in [1.29, 1.82) is 0 Å². The quantitative estimate of drug-likeness (QED) is 0.292. The fraction of sp³-hybridized carbons (Fsp3) is 0.421. The molecule has 1 aromatic heterocycles. The molecule has 2 aromatic rings. The van der Waals surface area contributed by atoms with Gasteiger partial charge in [-0.1, -0.05) is 31.1 Å². The van der Waals surface area contributed by atoms with Gasteiger partial charge in [0, 0.05) is 19.7 Å². The van der Waals surface area contributed by atoms with Crippen LogP contribution >= 0.6 is 24.0 Å². The van der Waals surface area contributed by atoms with E-state index in [1.165, 1.54) is 12.1 Å². The van der Waals surface area contributed by atoms with Crippen LogP contribution in [0.4, 0.5) is 4.39 Å². The van der Waals surface area contributed by atoms with Crippen LogP contribution in [0.25, 0.3) is 0 Å². The monoisotopic (exact) mass is 503 g/mol. The molecular formula is C19H27FIN5O2. The Bertz CT molecular complexity index is 777. The highest BCUT2D eigenvalue weighted by Gasteiger charge is 2.17. The van der Waals surface area contributed by atoms with Gasteiger partial charge in [-0.15, -0.1) is 24.0 Å². The predicted octanol–water partition coefficient (Wildman–Crippen LogP) is 2.56. The molecule has 0 saturated heterocycles. The van der Waals surface area contributed by atoms with Crippen LogP contribution in [0.5, 0.6) is 0 Å². The second-order valence-corrected chi connectivity index (χ2v) is 6.61. The Labute approximate surface area is 181 Å². The van der Waals surface area contributed by atoms with Gasteiger partial charge in [0.1, 0.15) is 5.82 Å². The third-order valence-electron chi connectivity index (χ3n) is 4.14. The van der Waals surface area contributed by atoms with Crippen LogP contribution in [-0.2, 0) is 17.8 Å². The number of hydrogen-bond donors (Lipinski definition) is 3. The number of amides is 1. The van der Waals surface area contributed by atoms with Gasteiger partial charge in [-0.2, -0.15) is 0 Å². The summed E-state index contributed by atoms with van der Waals surface area (Å²) in [5.41, 5.74) is 7.23. The number of nitrogens with zero attached hydrogens (tertiary/aromatic N) is 2. The number of rotatable bonds is 8. The van der Waals surface area contributed by atoms with Crippen molar-refractivity contribution in [2.75, 3.05) is 13.6 Å². The van der Waals surface area contributed by atoms with Crippen molar-refractivity contribution < 1.29 is 13.7 Å². The Hall–Kier alpha value is -2.17. The van der Waals surface area contributed by atoms with Gasteiger partial charge in [0.05, 0.1) is 18.2 Å². The second-order valence-electron chi connectivity index (χ2n) is 6.61. The summed E-state index contributed by atoms with van der Waals surface area (Å²) in [4.78, 5) is 15.9. The maximum Gasteiger partial charge on any atom is 0.222 e. The molecule has 2 rings (SSSR count). The fourth-order valence-corrected chi connectivity index (χ4v) is 2.47. The molecule has 1 atom stereocenters. The number of guanidine groups is 1. The SMILES string of the molecule is CN=C(NCc1cc(C(C)C)no1)NCC(Cc1ccc(F)cc1)C(N)=O.I. The lowest BCUT2D eigenvalue weighted by Gasteiger charge is -2.17. The van der Waals surface area contributed by atoms with Crippen LogP contribution in [0, 0.1) is 11.7 Å². The van der Waals surface area contributed by atoms with E-state index in [9.17, 15) is 9.18 Å². The maximum absolute atomic E-state index is 13.0. The molecule has 0 bridgehead atoms. The molecular weight excluding hydrogens is 476 g/mol. The number of aromatic nitrogens is 1. The Balaban J connectivity index is 0.00000392. The fourth-order valence-electron chi connectivity index (χ4n) is 2.47. The second kappa shape index (κ2) is 11.6. The molecule has 0 aliphatic heterocycles. The van der Waals surface area contributed by atoms with E-state index in [1.807, 2.05) is 19.9 Å². The molecule has 154 valence electrons. The molecule has 7 nitrogen and oxygen atoms in total. The van der Waals surface area contributed by atoms with Gasteiger partial charge in [0.2, 0.25) is 5.91 Å². The summed E-state index contributed by atoms with van der Waals surface area (Å²) in [6.45, 7) is 4.81. The van der Waals surface area contributed by atoms with E-state index in [1.54, 1.807) is 19.2 Å². The van der Waals surface area contributed by atoms with Crippen LogP contribution in [0.15, 0.2) is 39.8 Å². The molecule has 28 heavy (non-hydrogen) atoms. The molecule has 1 unspecified atom stereocenters. The lowest BCUT2D eigenvalue weighted by Crippen LogP contribution is -2.42. The summed E-state index contributed by atoms with van der Waals surface area (Å²) >= 11 is 0. The molecule has 0 fully saturated rings. The lowest BCUT2D eigenvalue weighted by molar-refractivity contribution is -0.121. The van der Waals surface area contributed by atoms with E-state index < -0.39 is 11.8 Å². The Morgan fingerprint density at radius 2 is 1.96 bits per heavy atom. The van der Waals surface area contributed by atoms with Crippen molar-refractivity contribution in [2.45, 2.75) is 32.7 Å². The first-order valence-electron chi connectivity index (χ1n) is 8.82. The molecule has 1 amide bonds. The summed E-state index contributed by atoms with van der Waals surface area (Å²) in [5, 5.41) is 10.2. The Kier molecular flexibility index (Phi) is 9.91. The number of nitrogens with two attached hydrogens (primary N) is 1. The first-order chi connectivity index (χ1) is 12.9. The predicted molar refractivity (Wildman–Crippen MR) is 117 cm³/mol. The normalized spacial score (nSPS) is 12.4. The molecule has 0 radical (unpaired) electrons. The van der Waals surface area contributed by atoms with Crippen LogP contribution in [0.1, 0.15) is 36.8 Å². The summed E-state index contributed by atoms with van der Waals surface area (Å²) < 4.78 is 18.3. The maximum atomic E-state index is 13.0. The average Bonchev–Trinajstić information content (AvgIpc) is 3.11. The van der Waals surface area contributed by atoms with Crippen molar-refractivity contribution >= 4 is 35.8 Å². The number of primary amides is 1. The largest absolute Gasteiger partial charge is 0.369 e. The minimum atomic E-state index is -0.452. The van der Waals surface area contributed by atoms with E-state index >= 15 is 0 Å². The average molecular weight is 503 g/mol. The van der Waals surface area contributed by atoms with Crippen molar-refractivity contribution in [2.24, 2.45) is 16.6 Å². The van der Waals surface area contributed by atoms with Gasteiger partial charge in [0.15, 0.2) is 11.7 Å². The van der Waals surface area contributed by atoms with E-state index in [2.05, 4.69) is 20.8 Å². The van der Waals surface area contributed by atoms with Crippen LogP contribution in [0.2, 0.25) is 0 Å². The van der Waals surface area contributed by atoms with E-state index in [-0.39, 0.29) is 29.8 Å². The summed E-state index contributed by atoms with van der Waals surface area (Å²) in [6.07, 6.45) is 0.416. The third-order valence-corrected chi connectivity index (χ3v) is 4.14. The van der Waals surface area contributed by atoms with Crippen molar-refractivity contribution in [1.82, 2.24) is 15.8 Å². The molecule has 0 saturated carbocycles. The van der Waals surface area contributed by atoms with Gasteiger partial charge >= 0.3 is 0 Å². The summed E-state index contributed by atoms with van der Waals surface area (Å²) in [5.74, 6) is 0.307. The number of carbonyl (C=O) groups is 1. The lowest BCUT2D eigenvalue weighted by atomic mass is 9.98. The molecule has 4 N–H and O–H groups in total. The molecule has 1 heterocycles. The third kappa shape index (κ3) is 7.45. The van der Waals surface area contributed by atoms with Gasteiger partial charge in [-0.3, -0.25) is 9.79 Å². The van der Waals surface area contributed by atoms with Crippen LogP contribution in [-0.4, -0.2) is 30.6 Å². The van der Waals surface area contributed by atoms with Gasteiger partial charge in [-0.05, 0) is 30.0 Å². The van der Waals surface area contributed by atoms with Gasteiger partial charge in [-0.25, -0.2) is 4.39 Å². The number of nitrogens with one attached hydrogen (secondary N) is 2. The number of halogens is 2. The highest BCUT2D eigenvalue weighted by molar-refractivity contribution is 14.0. The molecule has 0 spiro atoms. The Morgan fingerprint density at radius 3 is 2.50 bits per heavy atom. The minimum absolute atomic E-state index is 0. The van der Waals surface area contributed by atoms with E-state index in [0.29, 0.717) is 37.1 Å². The van der Waals surface area contributed by atoms with Gasteiger partial charge < -0.3 is 20.9 Å². The van der Waals surface area contributed by atoms with Gasteiger partial charge in [0.25, 0.3) is 0 Å². The zero-order valence-corrected chi connectivity index (χ0v) is 18.6. The first kappa shape index (κ1) is 23.9. The highest BCUT2D eigenvalue weighted by Crippen LogP contribution is 2.13. The highest BCUT2D eigenvalue weighted by atomic mass is 127. The molecule has 9 heteroatoms. The van der Waals surface area contributed by atoms with E-state index in [0.717, 1.165) is 11.3 Å². The van der Waals surface area contributed by atoms with E-state index in [4.69, 9.17) is 10.3 Å². The van der Waals surface area contributed by atoms with Crippen LogP contribution < -0.4 is 16.4 Å². The molecule has 0 aliphatic rings. The van der Waals surface area contributed by atoms with Crippen molar-refractivity contribution in [3.8, 4) is 0 Å². The zero-order chi connectivity index (χ0) is 19.8. The first-order valence-corrected chi connectivity index (χ1v) is 8.82. The number of carbonyl (C=O) groups excluding carboxylic acids is 1. The number of aliphatic imine (C=N–C) groups is 1. The summed E-state index contributed by atoms with van der Waals surface area (Å²) in [6, 6.07) is 7.92. The smallest absolute Gasteiger partial charge is 0.222 e. The van der Waals surface area contributed by atoms with Crippen molar-refractivity contribution in [3.63, 3.8) is 0 Å². The standard InChI is InChI=1S/C19H26FN5O2.HI/c1-12(2)17-9-16(27-25-17)11-24-19(22-3)23-10-14(18(21)26)8-13-4-6-15(20)7-5-13;/h4-7,9,12,14H,8,10-11H2,1-3H3,(H2,21,26)(H2,22,23,24);1H. The number of hydrogen-bond acceptors (Lipinski definition) is 4. The molecule has 0 aliphatic carbocycles.